The summed E-state index contributed by atoms with van der Waals surface area (Å²) in [6, 6.07) is 4.54. The van der Waals surface area contributed by atoms with E-state index in [4.69, 9.17) is 9.47 Å². The molecule has 1 unspecified atom stereocenters. The molecule has 1 fully saturated rings. The summed E-state index contributed by atoms with van der Waals surface area (Å²) in [5.41, 5.74) is 0.632. The maximum absolute atomic E-state index is 13.5. The van der Waals surface area contributed by atoms with Gasteiger partial charge in [-0.15, -0.1) is 0 Å². The average Bonchev–Trinajstić information content (AvgIpc) is 2.40. The van der Waals surface area contributed by atoms with E-state index in [1.807, 2.05) is 0 Å². The molecule has 1 aromatic carbocycles. The van der Waals surface area contributed by atoms with Crippen LogP contribution in [-0.4, -0.2) is 38.7 Å². The molecule has 1 heterocycles. The van der Waals surface area contributed by atoms with Crippen LogP contribution in [0.25, 0.3) is 0 Å². The van der Waals surface area contributed by atoms with Crippen molar-refractivity contribution in [1.82, 2.24) is 5.32 Å². The third-order valence-electron chi connectivity index (χ3n) is 2.88. The molecule has 0 radical (unpaired) electrons. The number of halogens is 1. The van der Waals surface area contributed by atoms with E-state index in [1.165, 1.54) is 19.2 Å². The van der Waals surface area contributed by atoms with E-state index in [9.17, 15) is 9.18 Å². The SMILES string of the molecule is COc1ccc(CC(=O)C2CNCCO2)cc1F. The topological polar surface area (TPSA) is 47.6 Å². The second kappa shape index (κ2) is 5.93. The summed E-state index contributed by atoms with van der Waals surface area (Å²) >= 11 is 0. The Morgan fingerprint density at radius 2 is 2.44 bits per heavy atom. The van der Waals surface area contributed by atoms with E-state index < -0.39 is 11.9 Å². The first-order valence-electron chi connectivity index (χ1n) is 5.88. The van der Waals surface area contributed by atoms with Gasteiger partial charge in [-0.2, -0.15) is 0 Å². The van der Waals surface area contributed by atoms with Crippen LogP contribution in [0.3, 0.4) is 0 Å². The number of carbonyl (C=O) groups excluding carboxylic acids is 1. The normalized spacial score (nSPS) is 19.6. The molecule has 18 heavy (non-hydrogen) atoms. The van der Waals surface area contributed by atoms with Crippen molar-refractivity contribution in [1.29, 1.82) is 0 Å². The minimum absolute atomic E-state index is 0.0354. The molecule has 4 nitrogen and oxygen atoms in total. The fourth-order valence-corrected chi connectivity index (χ4v) is 1.91. The number of hydrogen-bond acceptors (Lipinski definition) is 4. The van der Waals surface area contributed by atoms with Crippen LogP contribution in [0.2, 0.25) is 0 Å². The smallest absolute Gasteiger partial charge is 0.167 e. The molecule has 1 atom stereocenters. The fourth-order valence-electron chi connectivity index (χ4n) is 1.91. The molecule has 1 aliphatic rings. The number of benzene rings is 1. The number of rotatable bonds is 4. The van der Waals surface area contributed by atoms with Crippen molar-refractivity contribution in [2.75, 3.05) is 26.8 Å². The highest BCUT2D eigenvalue weighted by molar-refractivity contribution is 5.85. The zero-order valence-electron chi connectivity index (χ0n) is 10.2. The average molecular weight is 253 g/mol. The van der Waals surface area contributed by atoms with Crippen molar-refractivity contribution in [3.05, 3.63) is 29.6 Å². The summed E-state index contributed by atoms with van der Waals surface area (Å²) < 4.78 is 23.6. The number of ketones is 1. The molecule has 1 aliphatic heterocycles. The predicted octanol–water partition coefficient (Wildman–Crippen LogP) is 0.934. The van der Waals surface area contributed by atoms with E-state index in [0.717, 1.165) is 6.54 Å². The van der Waals surface area contributed by atoms with E-state index >= 15 is 0 Å². The van der Waals surface area contributed by atoms with Gasteiger partial charge in [-0.3, -0.25) is 4.79 Å². The number of ether oxygens (including phenoxy) is 2. The van der Waals surface area contributed by atoms with Crippen LogP contribution in [0.15, 0.2) is 18.2 Å². The van der Waals surface area contributed by atoms with Crippen molar-refractivity contribution in [2.45, 2.75) is 12.5 Å². The Morgan fingerprint density at radius 3 is 3.06 bits per heavy atom. The van der Waals surface area contributed by atoms with Crippen molar-refractivity contribution in [3.8, 4) is 5.75 Å². The lowest BCUT2D eigenvalue weighted by Gasteiger charge is -2.22. The minimum Gasteiger partial charge on any atom is -0.494 e. The van der Waals surface area contributed by atoms with Gasteiger partial charge in [-0.25, -0.2) is 4.39 Å². The largest absolute Gasteiger partial charge is 0.494 e. The lowest BCUT2D eigenvalue weighted by atomic mass is 10.0. The van der Waals surface area contributed by atoms with Gasteiger partial charge in [-0.1, -0.05) is 6.07 Å². The summed E-state index contributed by atoms with van der Waals surface area (Å²) in [4.78, 5) is 11.9. The maximum atomic E-state index is 13.5. The van der Waals surface area contributed by atoms with Gasteiger partial charge >= 0.3 is 0 Å². The Bertz CT molecular complexity index is 430. The summed E-state index contributed by atoms with van der Waals surface area (Å²) in [5, 5.41) is 3.09. The molecule has 2 rings (SSSR count). The zero-order valence-corrected chi connectivity index (χ0v) is 10.2. The number of carbonyl (C=O) groups is 1. The van der Waals surface area contributed by atoms with Gasteiger partial charge in [0.25, 0.3) is 0 Å². The Labute approximate surface area is 105 Å². The molecular weight excluding hydrogens is 237 g/mol. The molecule has 1 N–H and O–H groups in total. The molecule has 0 saturated carbocycles. The highest BCUT2D eigenvalue weighted by Gasteiger charge is 2.21. The van der Waals surface area contributed by atoms with Crippen LogP contribution < -0.4 is 10.1 Å². The molecule has 1 aromatic rings. The quantitative estimate of drug-likeness (QED) is 0.867. The van der Waals surface area contributed by atoms with E-state index in [0.29, 0.717) is 18.7 Å². The van der Waals surface area contributed by atoms with Crippen molar-refractivity contribution in [2.24, 2.45) is 0 Å². The molecule has 0 amide bonds. The summed E-state index contributed by atoms with van der Waals surface area (Å²) in [6.07, 6.45) is -0.253. The third-order valence-corrected chi connectivity index (χ3v) is 2.88. The third kappa shape index (κ3) is 3.05. The Balaban J connectivity index is 2.00. The molecule has 0 spiro atoms. The van der Waals surface area contributed by atoms with Gasteiger partial charge in [0.05, 0.1) is 13.7 Å². The highest BCUT2D eigenvalue weighted by atomic mass is 19.1. The first-order valence-corrected chi connectivity index (χ1v) is 5.88. The lowest BCUT2D eigenvalue weighted by molar-refractivity contribution is -0.131. The first-order chi connectivity index (χ1) is 8.70. The summed E-state index contributed by atoms with van der Waals surface area (Å²) in [6.45, 7) is 1.83. The number of hydrogen-bond donors (Lipinski definition) is 1. The lowest BCUT2D eigenvalue weighted by Crippen LogP contribution is -2.43. The molecule has 0 aromatic heterocycles. The van der Waals surface area contributed by atoms with Gasteiger partial charge in [0.2, 0.25) is 0 Å². The van der Waals surface area contributed by atoms with Gasteiger partial charge in [0.15, 0.2) is 17.3 Å². The second-order valence-electron chi connectivity index (χ2n) is 4.18. The van der Waals surface area contributed by atoms with Crippen LogP contribution in [-0.2, 0) is 16.0 Å². The Morgan fingerprint density at radius 1 is 1.61 bits per heavy atom. The first kappa shape index (κ1) is 13.0. The van der Waals surface area contributed by atoms with Gasteiger partial charge < -0.3 is 14.8 Å². The van der Waals surface area contributed by atoms with Crippen LogP contribution in [0, 0.1) is 5.82 Å². The van der Waals surface area contributed by atoms with Crippen molar-refractivity contribution in [3.63, 3.8) is 0 Å². The van der Waals surface area contributed by atoms with Crippen LogP contribution >= 0.6 is 0 Å². The fraction of sp³-hybridized carbons (Fsp3) is 0.462. The minimum atomic E-state index is -0.453. The van der Waals surface area contributed by atoms with E-state index in [1.54, 1.807) is 6.07 Å². The molecule has 5 heteroatoms. The highest BCUT2D eigenvalue weighted by Crippen LogP contribution is 2.18. The number of nitrogens with one attached hydrogen (secondary N) is 1. The van der Waals surface area contributed by atoms with Gasteiger partial charge in [0, 0.05) is 19.5 Å². The van der Waals surface area contributed by atoms with Crippen LogP contribution in [0.5, 0.6) is 5.75 Å². The van der Waals surface area contributed by atoms with Crippen LogP contribution in [0.4, 0.5) is 4.39 Å². The van der Waals surface area contributed by atoms with E-state index in [-0.39, 0.29) is 18.0 Å². The molecule has 98 valence electrons. The number of morpholine rings is 1. The summed E-state index contributed by atoms with van der Waals surface area (Å²) in [7, 11) is 1.41. The predicted molar refractivity (Wildman–Crippen MR) is 64.3 cm³/mol. The monoisotopic (exact) mass is 253 g/mol. The standard InChI is InChI=1S/C13H16FNO3/c1-17-12-3-2-9(6-10(12)14)7-11(16)13-8-15-4-5-18-13/h2-3,6,13,15H,4-5,7-8H2,1H3. The second-order valence-corrected chi connectivity index (χ2v) is 4.18. The van der Waals surface area contributed by atoms with Gasteiger partial charge in [0.1, 0.15) is 6.10 Å². The Hall–Kier alpha value is -1.46. The molecule has 0 bridgehead atoms. The van der Waals surface area contributed by atoms with E-state index in [2.05, 4.69) is 5.32 Å². The Kier molecular flexibility index (Phi) is 4.28. The zero-order chi connectivity index (χ0) is 13.0. The number of Topliss-reactive ketones (excluding diaryl/α,β-unsaturated/α-hetero) is 1. The van der Waals surface area contributed by atoms with Crippen LogP contribution in [0.1, 0.15) is 5.56 Å². The molecular formula is C13H16FNO3. The molecule has 1 saturated heterocycles. The van der Waals surface area contributed by atoms with Crippen molar-refractivity contribution >= 4 is 5.78 Å². The molecule has 0 aliphatic carbocycles. The van der Waals surface area contributed by atoms with Crippen molar-refractivity contribution < 1.29 is 18.7 Å². The number of methoxy groups -OCH3 is 1. The van der Waals surface area contributed by atoms with Gasteiger partial charge in [-0.05, 0) is 17.7 Å². The maximum Gasteiger partial charge on any atom is 0.167 e. The summed E-state index contributed by atoms with van der Waals surface area (Å²) in [5.74, 6) is -0.306.